The van der Waals surface area contributed by atoms with Gasteiger partial charge in [-0.25, -0.2) is 9.97 Å². The van der Waals surface area contributed by atoms with E-state index in [-0.39, 0.29) is 0 Å². The molecule has 0 radical (unpaired) electrons. The van der Waals surface area contributed by atoms with Gasteiger partial charge in [-0.1, -0.05) is 37.6 Å². The van der Waals surface area contributed by atoms with Crippen LogP contribution in [0.5, 0.6) is 0 Å². The molecule has 106 valence electrons. The average molecular weight is 271 g/mol. The number of hydrogen-bond acceptors (Lipinski definition) is 4. The Labute approximate surface area is 120 Å². The topological polar surface area (TPSA) is 47.0 Å². The molecule has 0 bridgehead atoms. The second-order valence-electron chi connectivity index (χ2n) is 4.70. The van der Waals surface area contributed by atoms with Gasteiger partial charge >= 0.3 is 0 Å². The highest BCUT2D eigenvalue weighted by atomic mass is 16.5. The summed E-state index contributed by atoms with van der Waals surface area (Å²) >= 11 is 0. The number of rotatable bonds is 7. The number of hydrogen-bond donors (Lipinski definition) is 1. The Morgan fingerprint density at radius 3 is 2.70 bits per heavy atom. The molecule has 2 rings (SSSR count). The molecular weight excluding hydrogens is 250 g/mol. The van der Waals surface area contributed by atoms with Crippen LogP contribution in [0.4, 0.5) is 5.82 Å². The van der Waals surface area contributed by atoms with Gasteiger partial charge < -0.3 is 10.1 Å². The van der Waals surface area contributed by atoms with E-state index in [0.29, 0.717) is 6.61 Å². The Morgan fingerprint density at radius 1 is 1.15 bits per heavy atom. The van der Waals surface area contributed by atoms with Crippen LogP contribution in [-0.2, 0) is 24.3 Å². The molecular formula is C16H21N3O. The van der Waals surface area contributed by atoms with Crippen LogP contribution in [0.1, 0.15) is 30.2 Å². The van der Waals surface area contributed by atoms with E-state index in [1.165, 1.54) is 11.1 Å². The van der Waals surface area contributed by atoms with E-state index < -0.39 is 0 Å². The molecule has 0 aliphatic rings. The molecule has 1 aromatic heterocycles. The zero-order chi connectivity index (χ0) is 14.2. The van der Waals surface area contributed by atoms with Gasteiger partial charge in [0.15, 0.2) is 0 Å². The SMILES string of the molecule is CCCc1cc(NCc2ccccc2COC)ncn1. The minimum absolute atomic E-state index is 0.628. The van der Waals surface area contributed by atoms with Gasteiger partial charge in [0, 0.05) is 25.4 Å². The summed E-state index contributed by atoms with van der Waals surface area (Å²) in [5.41, 5.74) is 3.51. The van der Waals surface area contributed by atoms with Crippen molar-refractivity contribution >= 4 is 5.82 Å². The minimum Gasteiger partial charge on any atom is -0.380 e. The van der Waals surface area contributed by atoms with Crippen LogP contribution in [0, 0.1) is 0 Å². The number of nitrogens with one attached hydrogen (secondary N) is 1. The lowest BCUT2D eigenvalue weighted by Gasteiger charge is -2.10. The summed E-state index contributed by atoms with van der Waals surface area (Å²) in [6.07, 6.45) is 3.69. The van der Waals surface area contributed by atoms with E-state index in [0.717, 1.165) is 30.9 Å². The molecule has 1 heterocycles. The minimum atomic E-state index is 0.628. The van der Waals surface area contributed by atoms with Crippen LogP contribution in [0.3, 0.4) is 0 Å². The molecule has 0 saturated heterocycles. The number of nitrogens with zero attached hydrogens (tertiary/aromatic N) is 2. The van der Waals surface area contributed by atoms with Crippen molar-refractivity contribution in [3.63, 3.8) is 0 Å². The predicted molar refractivity (Wildman–Crippen MR) is 80.5 cm³/mol. The van der Waals surface area contributed by atoms with E-state index in [9.17, 15) is 0 Å². The van der Waals surface area contributed by atoms with Crippen molar-refractivity contribution in [2.24, 2.45) is 0 Å². The summed E-state index contributed by atoms with van der Waals surface area (Å²) < 4.78 is 5.22. The molecule has 1 N–H and O–H groups in total. The fraction of sp³-hybridized carbons (Fsp3) is 0.375. The fourth-order valence-electron chi connectivity index (χ4n) is 2.10. The van der Waals surface area contributed by atoms with Gasteiger partial charge in [0.2, 0.25) is 0 Å². The van der Waals surface area contributed by atoms with Gasteiger partial charge in [-0.05, 0) is 17.5 Å². The third-order valence-electron chi connectivity index (χ3n) is 3.11. The first-order valence-corrected chi connectivity index (χ1v) is 6.94. The first kappa shape index (κ1) is 14.5. The number of benzene rings is 1. The Hall–Kier alpha value is -1.94. The number of ether oxygens (including phenoxy) is 1. The Bertz CT molecular complexity index is 543. The normalized spacial score (nSPS) is 10.5. The van der Waals surface area contributed by atoms with Gasteiger partial charge in [-0.15, -0.1) is 0 Å². The van der Waals surface area contributed by atoms with Crippen molar-refractivity contribution in [2.45, 2.75) is 32.9 Å². The largest absolute Gasteiger partial charge is 0.380 e. The van der Waals surface area contributed by atoms with Gasteiger partial charge in [0.1, 0.15) is 12.1 Å². The van der Waals surface area contributed by atoms with Gasteiger partial charge in [0.25, 0.3) is 0 Å². The summed E-state index contributed by atoms with van der Waals surface area (Å²) in [5, 5.41) is 3.35. The predicted octanol–water partition coefficient (Wildman–Crippen LogP) is 3.19. The summed E-state index contributed by atoms with van der Waals surface area (Å²) in [6.45, 7) is 3.51. The lowest BCUT2D eigenvalue weighted by atomic mass is 10.1. The standard InChI is InChI=1S/C16H21N3O/c1-3-6-15-9-16(19-12-18-15)17-10-13-7-4-5-8-14(13)11-20-2/h4-5,7-9,12H,3,6,10-11H2,1-2H3,(H,17,18,19). The molecule has 1 aromatic carbocycles. The zero-order valence-electron chi connectivity index (χ0n) is 12.1. The number of aryl methyl sites for hydroxylation is 1. The highest BCUT2D eigenvalue weighted by molar-refractivity contribution is 5.37. The van der Waals surface area contributed by atoms with E-state index in [1.54, 1.807) is 13.4 Å². The number of methoxy groups -OCH3 is 1. The van der Waals surface area contributed by atoms with E-state index in [2.05, 4.69) is 34.3 Å². The zero-order valence-corrected chi connectivity index (χ0v) is 12.1. The maximum absolute atomic E-state index is 5.22. The van der Waals surface area contributed by atoms with Crippen LogP contribution in [0.2, 0.25) is 0 Å². The van der Waals surface area contributed by atoms with Crippen molar-refractivity contribution < 1.29 is 4.74 Å². The van der Waals surface area contributed by atoms with Crippen LogP contribution in [0.25, 0.3) is 0 Å². The molecule has 2 aromatic rings. The van der Waals surface area contributed by atoms with E-state index in [1.807, 2.05) is 18.2 Å². The smallest absolute Gasteiger partial charge is 0.129 e. The van der Waals surface area contributed by atoms with Gasteiger partial charge in [-0.3, -0.25) is 0 Å². The van der Waals surface area contributed by atoms with Gasteiger partial charge in [0.05, 0.1) is 6.61 Å². The monoisotopic (exact) mass is 271 g/mol. The summed E-state index contributed by atoms with van der Waals surface area (Å²) in [7, 11) is 1.71. The summed E-state index contributed by atoms with van der Waals surface area (Å²) in [6, 6.07) is 10.3. The van der Waals surface area contributed by atoms with Crippen LogP contribution in [-0.4, -0.2) is 17.1 Å². The second kappa shape index (κ2) is 7.60. The second-order valence-corrected chi connectivity index (χ2v) is 4.70. The molecule has 0 atom stereocenters. The molecule has 20 heavy (non-hydrogen) atoms. The van der Waals surface area contributed by atoms with Crippen molar-refractivity contribution in [3.8, 4) is 0 Å². The average Bonchev–Trinajstić information content (AvgIpc) is 2.47. The van der Waals surface area contributed by atoms with Crippen LogP contribution < -0.4 is 5.32 Å². The Morgan fingerprint density at radius 2 is 1.95 bits per heavy atom. The van der Waals surface area contributed by atoms with E-state index in [4.69, 9.17) is 4.74 Å². The molecule has 4 nitrogen and oxygen atoms in total. The quantitative estimate of drug-likeness (QED) is 0.840. The first-order chi connectivity index (χ1) is 9.83. The molecule has 0 saturated carbocycles. The Balaban J connectivity index is 2.03. The summed E-state index contributed by atoms with van der Waals surface area (Å²) in [5.74, 6) is 0.871. The highest BCUT2D eigenvalue weighted by Gasteiger charge is 2.02. The highest BCUT2D eigenvalue weighted by Crippen LogP contribution is 2.13. The molecule has 4 heteroatoms. The van der Waals surface area contributed by atoms with Crippen molar-refractivity contribution in [1.82, 2.24) is 9.97 Å². The molecule has 0 amide bonds. The van der Waals surface area contributed by atoms with Crippen molar-refractivity contribution in [2.75, 3.05) is 12.4 Å². The summed E-state index contributed by atoms with van der Waals surface area (Å²) in [4.78, 5) is 8.52. The fourth-order valence-corrected chi connectivity index (χ4v) is 2.10. The molecule has 0 aliphatic carbocycles. The molecule has 0 spiro atoms. The molecule has 0 aliphatic heterocycles. The van der Waals surface area contributed by atoms with Crippen LogP contribution >= 0.6 is 0 Å². The maximum Gasteiger partial charge on any atom is 0.129 e. The lowest BCUT2D eigenvalue weighted by molar-refractivity contribution is 0.184. The van der Waals surface area contributed by atoms with Crippen LogP contribution in [0.15, 0.2) is 36.7 Å². The maximum atomic E-state index is 5.22. The van der Waals surface area contributed by atoms with Crippen molar-refractivity contribution in [1.29, 1.82) is 0 Å². The first-order valence-electron chi connectivity index (χ1n) is 6.94. The van der Waals surface area contributed by atoms with E-state index >= 15 is 0 Å². The third-order valence-corrected chi connectivity index (χ3v) is 3.11. The third kappa shape index (κ3) is 4.03. The number of aromatic nitrogens is 2. The van der Waals surface area contributed by atoms with Gasteiger partial charge in [-0.2, -0.15) is 0 Å². The Kier molecular flexibility index (Phi) is 5.50. The molecule has 0 unspecified atom stereocenters. The molecule has 0 fully saturated rings. The van der Waals surface area contributed by atoms with Crippen molar-refractivity contribution in [3.05, 3.63) is 53.5 Å². The number of anilines is 1. The lowest BCUT2D eigenvalue weighted by Crippen LogP contribution is -2.05.